The van der Waals surface area contributed by atoms with Crippen LogP contribution in [0.3, 0.4) is 0 Å². The van der Waals surface area contributed by atoms with E-state index in [9.17, 15) is 4.39 Å². The van der Waals surface area contributed by atoms with Gasteiger partial charge in [0.25, 0.3) is 0 Å². The fraction of sp³-hybridized carbons (Fsp3) is 0.263. The fourth-order valence-electron chi connectivity index (χ4n) is 3.03. The first kappa shape index (κ1) is 16.3. The van der Waals surface area contributed by atoms with Crippen molar-refractivity contribution in [2.75, 3.05) is 18.4 Å². The number of nitrogens with one attached hydrogen (secondary N) is 2. The normalized spacial score (nSPS) is 14.1. The minimum atomic E-state index is -0.215. The number of hydrogen-bond acceptors (Lipinski definition) is 4. The molecule has 0 aromatic heterocycles. The number of rotatable bonds is 4. The number of halogens is 1. The Morgan fingerprint density at radius 1 is 1.21 bits per heavy atom. The number of benzene rings is 2. The van der Waals surface area contributed by atoms with Crippen LogP contribution in [-0.4, -0.2) is 19.1 Å². The molecule has 4 nitrogen and oxygen atoms in total. The van der Waals surface area contributed by atoms with Crippen molar-refractivity contribution in [3.05, 3.63) is 58.7 Å². The highest BCUT2D eigenvalue weighted by molar-refractivity contribution is 5.79. The van der Waals surface area contributed by atoms with E-state index in [4.69, 9.17) is 11.5 Å². The van der Waals surface area contributed by atoms with E-state index in [0.29, 0.717) is 11.6 Å². The number of hydrogen-bond donors (Lipinski definition) is 4. The van der Waals surface area contributed by atoms with Crippen LogP contribution in [0.5, 0.6) is 0 Å². The Bertz CT molecular complexity index is 770. The molecule has 1 aliphatic heterocycles. The highest BCUT2D eigenvalue weighted by Gasteiger charge is 2.19. The summed E-state index contributed by atoms with van der Waals surface area (Å²) in [6.45, 7) is 5.72. The van der Waals surface area contributed by atoms with Crippen molar-refractivity contribution in [1.29, 1.82) is 0 Å². The first-order valence-electron chi connectivity index (χ1n) is 8.05. The molecule has 2 aromatic carbocycles. The average Bonchev–Trinajstić information content (AvgIpc) is 2.45. The van der Waals surface area contributed by atoms with Gasteiger partial charge in [-0.1, -0.05) is 18.2 Å². The first-order valence-corrected chi connectivity index (χ1v) is 8.05. The van der Waals surface area contributed by atoms with Gasteiger partial charge in [0.15, 0.2) is 0 Å². The lowest BCUT2D eigenvalue weighted by Crippen LogP contribution is -2.51. The predicted molar refractivity (Wildman–Crippen MR) is 97.9 cm³/mol. The van der Waals surface area contributed by atoms with Crippen LogP contribution >= 0.6 is 0 Å². The predicted octanol–water partition coefficient (Wildman–Crippen LogP) is 2.71. The van der Waals surface area contributed by atoms with Crippen molar-refractivity contribution in [2.24, 2.45) is 11.5 Å². The van der Waals surface area contributed by atoms with Crippen molar-refractivity contribution in [2.45, 2.75) is 19.9 Å². The summed E-state index contributed by atoms with van der Waals surface area (Å²) in [5.74, 6) is 0.0370. The summed E-state index contributed by atoms with van der Waals surface area (Å²) in [6, 6.07) is 9.45. The Kier molecular flexibility index (Phi) is 4.44. The molecule has 1 heterocycles. The zero-order valence-corrected chi connectivity index (χ0v) is 14.0. The van der Waals surface area contributed by atoms with Gasteiger partial charge in [0.1, 0.15) is 5.82 Å². The molecule has 0 aliphatic carbocycles. The van der Waals surface area contributed by atoms with Gasteiger partial charge in [-0.15, -0.1) is 0 Å². The van der Waals surface area contributed by atoms with Gasteiger partial charge < -0.3 is 22.1 Å². The number of nitrogens with two attached hydrogens (primary N) is 2. The van der Waals surface area contributed by atoms with Gasteiger partial charge in [-0.3, -0.25) is 0 Å². The van der Waals surface area contributed by atoms with Crippen LogP contribution < -0.4 is 22.1 Å². The van der Waals surface area contributed by atoms with Crippen LogP contribution in [-0.2, 0) is 0 Å². The molecule has 0 saturated carbocycles. The third kappa shape index (κ3) is 3.21. The summed E-state index contributed by atoms with van der Waals surface area (Å²) in [4.78, 5) is 0. The molecule has 0 radical (unpaired) electrons. The number of aryl methyl sites for hydroxylation is 2. The molecule has 0 bridgehead atoms. The third-order valence-electron chi connectivity index (χ3n) is 4.35. The highest BCUT2D eigenvalue weighted by atomic mass is 19.1. The zero-order valence-electron chi connectivity index (χ0n) is 14.0. The van der Waals surface area contributed by atoms with Crippen LogP contribution in [0, 0.1) is 19.7 Å². The van der Waals surface area contributed by atoms with Crippen molar-refractivity contribution >= 4 is 11.8 Å². The lowest BCUT2D eigenvalue weighted by molar-refractivity contribution is 0.472. The fourth-order valence-corrected chi connectivity index (χ4v) is 3.03. The van der Waals surface area contributed by atoms with Crippen LogP contribution in [0.1, 0.15) is 16.7 Å². The molecule has 0 unspecified atom stereocenters. The lowest BCUT2D eigenvalue weighted by atomic mass is 9.94. The van der Waals surface area contributed by atoms with Crippen LogP contribution in [0.15, 0.2) is 36.2 Å². The largest absolute Gasteiger partial charge is 0.386 e. The second kappa shape index (κ2) is 6.53. The van der Waals surface area contributed by atoms with Crippen molar-refractivity contribution in [3.63, 3.8) is 0 Å². The van der Waals surface area contributed by atoms with Crippen molar-refractivity contribution in [1.82, 2.24) is 5.32 Å². The van der Waals surface area contributed by atoms with Crippen LogP contribution in [0.2, 0.25) is 0 Å². The Balaban J connectivity index is 2.13. The summed E-state index contributed by atoms with van der Waals surface area (Å²) in [6.07, 6.45) is 1.75. The molecule has 126 valence electrons. The van der Waals surface area contributed by atoms with E-state index in [-0.39, 0.29) is 11.6 Å². The smallest absolute Gasteiger partial charge is 0.131 e. The minimum absolute atomic E-state index is 0.215. The van der Waals surface area contributed by atoms with Gasteiger partial charge in [0, 0.05) is 29.9 Å². The maximum absolute atomic E-state index is 14.4. The summed E-state index contributed by atoms with van der Waals surface area (Å²) in [5.41, 5.74) is 16.6. The lowest BCUT2D eigenvalue weighted by Gasteiger charge is -2.30. The van der Waals surface area contributed by atoms with Gasteiger partial charge in [-0.2, -0.15) is 0 Å². The summed E-state index contributed by atoms with van der Waals surface area (Å²) in [5, 5.41) is 6.74. The van der Waals surface area contributed by atoms with Gasteiger partial charge >= 0.3 is 0 Å². The Hall–Kier alpha value is -2.53. The average molecular weight is 326 g/mol. The molecule has 2 aromatic rings. The van der Waals surface area contributed by atoms with E-state index in [1.54, 1.807) is 12.1 Å². The maximum Gasteiger partial charge on any atom is 0.131 e. The van der Waals surface area contributed by atoms with E-state index in [1.165, 1.54) is 6.07 Å². The van der Waals surface area contributed by atoms with Crippen LogP contribution in [0.25, 0.3) is 17.2 Å². The quantitative estimate of drug-likeness (QED) is 0.697. The Labute approximate surface area is 141 Å². The molecule has 1 saturated heterocycles. The molecule has 3 rings (SSSR count). The molecule has 0 amide bonds. The Morgan fingerprint density at radius 2 is 1.96 bits per heavy atom. The molecule has 1 aliphatic rings. The zero-order chi connectivity index (χ0) is 17.3. The standard InChI is InChI=1S/C19H23FN4/c1-11-4-3-5-16(20)19(11)13-6-12(2)15(8-18(21)22)17(7-13)24-14-9-23-10-14/h3-8,14,23-24H,9-10,21-22H2,1-2H3. The second-order valence-electron chi connectivity index (χ2n) is 6.33. The summed E-state index contributed by atoms with van der Waals surface area (Å²) < 4.78 is 14.4. The monoisotopic (exact) mass is 326 g/mol. The van der Waals surface area contributed by atoms with Crippen molar-refractivity contribution in [3.8, 4) is 11.1 Å². The number of anilines is 1. The van der Waals surface area contributed by atoms with Gasteiger partial charge in [0.05, 0.1) is 11.9 Å². The summed E-state index contributed by atoms with van der Waals surface area (Å²) in [7, 11) is 0. The topological polar surface area (TPSA) is 76.1 Å². The minimum Gasteiger partial charge on any atom is -0.386 e. The molecule has 6 N–H and O–H groups in total. The van der Waals surface area contributed by atoms with Crippen LogP contribution in [0.4, 0.5) is 10.1 Å². The molecule has 24 heavy (non-hydrogen) atoms. The first-order chi connectivity index (χ1) is 11.5. The van der Waals surface area contributed by atoms with Gasteiger partial charge in [-0.25, -0.2) is 4.39 Å². The van der Waals surface area contributed by atoms with Gasteiger partial charge in [0.2, 0.25) is 0 Å². The van der Waals surface area contributed by atoms with Gasteiger partial charge in [-0.05, 0) is 48.7 Å². The highest BCUT2D eigenvalue weighted by Crippen LogP contribution is 2.33. The Morgan fingerprint density at radius 3 is 2.54 bits per heavy atom. The van der Waals surface area contributed by atoms with E-state index < -0.39 is 0 Å². The second-order valence-corrected chi connectivity index (χ2v) is 6.33. The molecule has 0 atom stereocenters. The van der Waals surface area contributed by atoms with E-state index in [2.05, 4.69) is 10.6 Å². The SMILES string of the molecule is Cc1cc(-c2c(C)cccc2F)cc(NC2CNC2)c1C=C(N)N. The molecular formula is C19H23FN4. The maximum atomic E-state index is 14.4. The molecular weight excluding hydrogens is 303 g/mol. The molecule has 5 heteroatoms. The summed E-state index contributed by atoms with van der Waals surface area (Å²) >= 11 is 0. The third-order valence-corrected chi connectivity index (χ3v) is 4.35. The molecule has 0 spiro atoms. The van der Waals surface area contributed by atoms with E-state index >= 15 is 0 Å². The van der Waals surface area contributed by atoms with E-state index in [1.807, 2.05) is 32.0 Å². The van der Waals surface area contributed by atoms with Crippen molar-refractivity contribution < 1.29 is 4.39 Å². The van der Waals surface area contributed by atoms with E-state index in [0.717, 1.165) is 41.0 Å². The molecule has 1 fully saturated rings.